The van der Waals surface area contributed by atoms with Crippen molar-refractivity contribution in [2.45, 2.75) is 51.0 Å². The molecule has 4 nitrogen and oxygen atoms in total. The molecule has 0 radical (unpaired) electrons. The minimum absolute atomic E-state index is 0.0564. The number of carbonyl (C=O) groups excluding carboxylic acids is 1. The molecule has 2 heterocycles. The van der Waals surface area contributed by atoms with Crippen molar-refractivity contribution in [3.63, 3.8) is 0 Å². The number of aromatic nitrogens is 1. The second kappa shape index (κ2) is 6.24. The Morgan fingerprint density at radius 1 is 1.47 bits per heavy atom. The van der Waals surface area contributed by atoms with Crippen LogP contribution in [0.1, 0.15) is 45.2 Å². The molecule has 1 amide bonds. The Balaban J connectivity index is 1.76. The average molecular weight is 263 g/mol. The van der Waals surface area contributed by atoms with Gasteiger partial charge in [0, 0.05) is 36.3 Å². The molecule has 0 aliphatic carbocycles. The summed E-state index contributed by atoms with van der Waals surface area (Å²) in [7, 11) is 0. The first-order chi connectivity index (χ1) is 9.08. The van der Waals surface area contributed by atoms with Gasteiger partial charge >= 0.3 is 0 Å². The lowest BCUT2D eigenvalue weighted by molar-refractivity contribution is -0.121. The van der Waals surface area contributed by atoms with Crippen LogP contribution in [-0.4, -0.2) is 30.0 Å². The van der Waals surface area contributed by atoms with E-state index in [-0.39, 0.29) is 11.3 Å². The van der Waals surface area contributed by atoms with Crippen LogP contribution in [0.4, 0.5) is 0 Å². The van der Waals surface area contributed by atoms with E-state index in [1.807, 2.05) is 12.3 Å². The number of H-pyrrole nitrogens is 1. The van der Waals surface area contributed by atoms with E-state index in [0.29, 0.717) is 19.0 Å². The highest BCUT2D eigenvalue weighted by Crippen LogP contribution is 2.20. The summed E-state index contributed by atoms with van der Waals surface area (Å²) in [5.41, 5.74) is 1.10. The van der Waals surface area contributed by atoms with Crippen molar-refractivity contribution in [3.05, 3.63) is 24.0 Å². The predicted molar refractivity (Wildman–Crippen MR) is 77.1 cm³/mol. The summed E-state index contributed by atoms with van der Waals surface area (Å²) in [6.45, 7) is 5.99. The zero-order valence-corrected chi connectivity index (χ0v) is 12.0. The van der Waals surface area contributed by atoms with Crippen molar-refractivity contribution in [2.75, 3.05) is 13.1 Å². The van der Waals surface area contributed by atoms with Crippen molar-refractivity contribution < 1.29 is 4.79 Å². The molecular formula is C15H25N3O. The molecule has 0 saturated carbocycles. The van der Waals surface area contributed by atoms with Crippen molar-refractivity contribution in [1.29, 1.82) is 0 Å². The number of piperidine rings is 1. The molecule has 1 aliphatic rings. The van der Waals surface area contributed by atoms with Gasteiger partial charge < -0.3 is 15.6 Å². The van der Waals surface area contributed by atoms with Gasteiger partial charge in [-0.2, -0.15) is 0 Å². The van der Waals surface area contributed by atoms with Gasteiger partial charge in [-0.1, -0.05) is 20.3 Å². The van der Waals surface area contributed by atoms with Crippen molar-refractivity contribution >= 4 is 5.91 Å². The third kappa shape index (κ3) is 4.10. The third-order valence-electron chi connectivity index (χ3n) is 3.90. The Labute approximate surface area is 115 Å². The molecular weight excluding hydrogens is 238 g/mol. The summed E-state index contributed by atoms with van der Waals surface area (Å²) in [6, 6.07) is 4.42. The molecule has 0 aromatic carbocycles. The third-order valence-corrected chi connectivity index (χ3v) is 3.90. The Hall–Kier alpha value is -1.29. The number of hydrogen-bond acceptors (Lipinski definition) is 2. The number of hydrogen-bond donors (Lipinski definition) is 3. The zero-order chi connectivity index (χ0) is 13.7. The summed E-state index contributed by atoms with van der Waals surface area (Å²) in [5, 5.41) is 6.47. The molecule has 1 aromatic heterocycles. The van der Waals surface area contributed by atoms with E-state index in [1.54, 1.807) is 0 Å². The smallest absolute Gasteiger partial charge is 0.221 e. The fourth-order valence-electron chi connectivity index (χ4n) is 2.56. The summed E-state index contributed by atoms with van der Waals surface area (Å²) in [5.74, 6) is 0.152. The minimum atomic E-state index is -0.0564. The molecule has 1 saturated heterocycles. The lowest BCUT2D eigenvalue weighted by atomic mass is 9.89. The van der Waals surface area contributed by atoms with E-state index in [4.69, 9.17) is 0 Å². The summed E-state index contributed by atoms with van der Waals surface area (Å²) < 4.78 is 0. The van der Waals surface area contributed by atoms with Crippen molar-refractivity contribution in [3.8, 4) is 0 Å². The van der Waals surface area contributed by atoms with Gasteiger partial charge in [-0.15, -0.1) is 0 Å². The normalized spacial score (nSPS) is 20.2. The van der Waals surface area contributed by atoms with Crippen LogP contribution in [0.3, 0.4) is 0 Å². The van der Waals surface area contributed by atoms with Crippen LogP contribution in [0.25, 0.3) is 0 Å². The first kappa shape index (κ1) is 14.1. The lowest BCUT2D eigenvalue weighted by Crippen LogP contribution is -2.42. The quantitative estimate of drug-likeness (QED) is 0.760. The maximum atomic E-state index is 12.0. The Morgan fingerprint density at radius 2 is 2.32 bits per heavy atom. The van der Waals surface area contributed by atoms with Gasteiger partial charge in [-0.05, 0) is 31.5 Å². The van der Waals surface area contributed by atoms with Gasteiger partial charge in [0.05, 0.1) is 0 Å². The van der Waals surface area contributed by atoms with Crippen LogP contribution in [-0.2, 0) is 10.2 Å². The van der Waals surface area contributed by atoms with Gasteiger partial charge in [0.15, 0.2) is 0 Å². The maximum absolute atomic E-state index is 12.0. The van der Waals surface area contributed by atoms with Crippen LogP contribution in [0.15, 0.2) is 18.3 Å². The monoisotopic (exact) mass is 263 g/mol. The highest BCUT2D eigenvalue weighted by Gasteiger charge is 2.23. The van der Waals surface area contributed by atoms with Crippen LogP contribution < -0.4 is 10.6 Å². The number of rotatable bonds is 5. The van der Waals surface area contributed by atoms with E-state index in [1.165, 1.54) is 12.8 Å². The Morgan fingerprint density at radius 3 is 2.95 bits per heavy atom. The summed E-state index contributed by atoms with van der Waals surface area (Å²) in [4.78, 5) is 15.2. The number of amides is 1. The van der Waals surface area contributed by atoms with Crippen molar-refractivity contribution in [2.24, 2.45) is 0 Å². The van der Waals surface area contributed by atoms with Crippen molar-refractivity contribution in [1.82, 2.24) is 15.6 Å². The van der Waals surface area contributed by atoms with Gasteiger partial charge in [-0.3, -0.25) is 4.79 Å². The molecule has 106 valence electrons. The minimum Gasteiger partial charge on any atom is -0.364 e. The molecule has 1 unspecified atom stereocenters. The van der Waals surface area contributed by atoms with E-state index in [9.17, 15) is 4.79 Å². The van der Waals surface area contributed by atoms with Crippen LogP contribution in [0.5, 0.6) is 0 Å². The molecule has 4 heteroatoms. The van der Waals surface area contributed by atoms with E-state index in [2.05, 4.69) is 35.5 Å². The second-order valence-corrected chi connectivity index (χ2v) is 6.10. The van der Waals surface area contributed by atoms with Crippen LogP contribution in [0.2, 0.25) is 0 Å². The first-order valence-electron chi connectivity index (χ1n) is 7.22. The highest BCUT2D eigenvalue weighted by molar-refractivity contribution is 5.76. The standard InChI is InChI=1S/C15H25N3O/c1-15(2,13-7-5-9-17-13)11-18-14(19)10-12-6-3-4-8-16-12/h5,7,9,12,16-17H,3-4,6,8,10-11H2,1-2H3,(H,18,19). The molecule has 3 N–H and O–H groups in total. The van der Waals surface area contributed by atoms with Gasteiger partial charge in [0.1, 0.15) is 0 Å². The van der Waals surface area contributed by atoms with Crippen LogP contribution >= 0.6 is 0 Å². The molecule has 1 aromatic rings. The molecule has 1 aliphatic heterocycles. The Kier molecular flexibility index (Phi) is 4.64. The largest absolute Gasteiger partial charge is 0.364 e. The van der Waals surface area contributed by atoms with Crippen LogP contribution in [0, 0.1) is 0 Å². The van der Waals surface area contributed by atoms with E-state index < -0.39 is 0 Å². The highest BCUT2D eigenvalue weighted by atomic mass is 16.1. The molecule has 1 fully saturated rings. The van der Waals surface area contributed by atoms with Gasteiger partial charge in [0.25, 0.3) is 0 Å². The number of carbonyl (C=O) groups is 1. The molecule has 1 atom stereocenters. The summed E-state index contributed by atoms with van der Waals surface area (Å²) >= 11 is 0. The molecule has 2 rings (SSSR count). The lowest BCUT2D eigenvalue weighted by Gasteiger charge is -2.26. The van der Waals surface area contributed by atoms with Gasteiger partial charge in [-0.25, -0.2) is 0 Å². The number of aromatic amines is 1. The SMILES string of the molecule is CC(C)(CNC(=O)CC1CCCCN1)c1ccc[nH]1. The first-order valence-corrected chi connectivity index (χ1v) is 7.22. The predicted octanol–water partition coefficient (Wildman–Crippen LogP) is 1.94. The van der Waals surface area contributed by atoms with Gasteiger partial charge in [0.2, 0.25) is 5.91 Å². The van der Waals surface area contributed by atoms with E-state index in [0.717, 1.165) is 18.7 Å². The average Bonchev–Trinajstić information content (AvgIpc) is 2.92. The van der Waals surface area contributed by atoms with E-state index >= 15 is 0 Å². The molecule has 19 heavy (non-hydrogen) atoms. The number of nitrogens with one attached hydrogen (secondary N) is 3. The fourth-order valence-corrected chi connectivity index (χ4v) is 2.56. The molecule has 0 spiro atoms. The topological polar surface area (TPSA) is 56.9 Å². The molecule has 0 bridgehead atoms. The second-order valence-electron chi connectivity index (χ2n) is 6.10. The summed E-state index contributed by atoms with van der Waals surface area (Å²) in [6.07, 6.45) is 6.11. The Bertz CT molecular complexity index is 392. The maximum Gasteiger partial charge on any atom is 0.221 e. The fraction of sp³-hybridized carbons (Fsp3) is 0.667. The zero-order valence-electron chi connectivity index (χ0n) is 12.0.